The smallest absolute Gasteiger partial charge is 0.277 e. The van der Waals surface area contributed by atoms with E-state index in [2.05, 4.69) is 10.4 Å². The third-order valence-corrected chi connectivity index (χ3v) is 6.49. The highest BCUT2D eigenvalue weighted by Gasteiger charge is 2.49. The number of carbonyl (C=O) groups excluding carboxylic acids is 2. The van der Waals surface area contributed by atoms with Crippen LogP contribution in [-0.4, -0.2) is 33.2 Å². The first-order valence-electron chi connectivity index (χ1n) is 10.8. The largest absolute Gasteiger partial charge is 0.351 e. The predicted octanol–water partition coefficient (Wildman–Crippen LogP) is 4.53. The molecule has 2 amide bonds. The van der Waals surface area contributed by atoms with Gasteiger partial charge in [0, 0.05) is 16.8 Å². The summed E-state index contributed by atoms with van der Waals surface area (Å²) in [5.74, 6) is -0.183. The first-order valence-corrected chi connectivity index (χ1v) is 11.2. The lowest BCUT2D eigenvalue weighted by molar-refractivity contribution is -0.127. The van der Waals surface area contributed by atoms with E-state index in [4.69, 9.17) is 11.6 Å². The fourth-order valence-electron chi connectivity index (χ4n) is 4.49. The monoisotopic (exact) mass is 428 g/mol. The van der Waals surface area contributed by atoms with Crippen molar-refractivity contribution < 1.29 is 9.59 Å². The van der Waals surface area contributed by atoms with Gasteiger partial charge >= 0.3 is 0 Å². The number of aromatic nitrogens is 2. The van der Waals surface area contributed by atoms with Gasteiger partial charge in [-0.1, -0.05) is 50.8 Å². The molecule has 1 aliphatic carbocycles. The van der Waals surface area contributed by atoms with Crippen LogP contribution < -0.4 is 10.2 Å². The molecule has 6 nitrogen and oxygen atoms in total. The van der Waals surface area contributed by atoms with Crippen molar-refractivity contribution in [1.29, 1.82) is 0 Å². The van der Waals surface area contributed by atoms with Crippen molar-refractivity contribution in [3.8, 4) is 0 Å². The molecule has 1 unspecified atom stereocenters. The molecule has 0 bridgehead atoms. The zero-order chi connectivity index (χ0) is 21.5. The highest BCUT2D eigenvalue weighted by Crippen LogP contribution is 2.35. The minimum Gasteiger partial charge on any atom is -0.351 e. The van der Waals surface area contributed by atoms with Crippen molar-refractivity contribution in [2.45, 2.75) is 76.9 Å². The number of anilines is 1. The van der Waals surface area contributed by atoms with E-state index in [1.165, 1.54) is 6.42 Å². The molecule has 1 atom stereocenters. The molecule has 4 rings (SSSR count). The Hall–Kier alpha value is -2.34. The van der Waals surface area contributed by atoms with Crippen LogP contribution in [0.15, 0.2) is 30.3 Å². The molecule has 0 radical (unpaired) electrons. The fraction of sp³-hybridized carbons (Fsp3) is 0.522. The second kappa shape index (κ2) is 8.06. The summed E-state index contributed by atoms with van der Waals surface area (Å²) in [6.07, 6.45) is 5.43. The third-order valence-electron chi connectivity index (χ3n) is 6.26. The van der Waals surface area contributed by atoms with Crippen LogP contribution in [0.5, 0.6) is 0 Å². The van der Waals surface area contributed by atoms with Crippen LogP contribution in [0.2, 0.25) is 5.02 Å². The second-order valence-corrected chi connectivity index (χ2v) is 9.41. The molecule has 160 valence electrons. The molecule has 2 aromatic rings. The van der Waals surface area contributed by atoms with Crippen molar-refractivity contribution in [2.75, 3.05) is 4.90 Å². The standard InChI is InChI=1S/C23H29ClN4O2/c1-15(2)19-13-20-21(29)28(18-11-7-8-16(24)12-18)23(3,14-27(20)26-19)22(30)25-17-9-5-4-6-10-17/h7-8,11-13,15,17H,4-6,9-10,14H2,1-3H3,(H,25,30). The summed E-state index contributed by atoms with van der Waals surface area (Å²) in [5.41, 5.74) is 0.863. The second-order valence-electron chi connectivity index (χ2n) is 8.97. The van der Waals surface area contributed by atoms with Crippen molar-refractivity contribution >= 4 is 29.1 Å². The Bertz CT molecular complexity index is 964. The lowest BCUT2D eigenvalue weighted by Gasteiger charge is -2.44. The van der Waals surface area contributed by atoms with Gasteiger partial charge < -0.3 is 5.32 Å². The highest BCUT2D eigenvalue weighted by molar-refractivity contribution is 6.31. The van der Waals surface area contributed by atoms with Crippen molar-refractivity contribution in [3.63, 3.8) is 0 Å². The van der Waals surface area contributed by atoms with Gasteiger partial charge in [0.1, 0.15) is 11.2 Å². The van der Waals surface area contributed by atoms with E-state index in [0.717, 1.165) is 31.4 Å². The number of fused-ring (bicyclic) bond motifs is 1. The van der Waals surface area contributed by atoms with Gasteiger partial charge in [0.15, 0.2) is 0 Å². The maximum Gasteiger partial charge on any atom is 0.277 e. The third kappa shape index (κ3) is 3.73. The molecule has 1 aromatic heterocycles. The van der Waals surface area contributed by atoms with E-state index >= 15 is 0 Å². The maximum absolute atomic E-state index is 13.6. The lowest BCUT2D eigenvalue weighted by atomic mass is 9.91. The van der Waals surface area contributed by atoms with E-state index in [0.29, 0.717) is 22.9 Å². The molecule has 2 heterocycles. The summed E-state index contributed by atoms with van der Waals surface area (Å²) >= 11 is 6.23. The Morgan fingerprint density at radius 2 is 1.97 bits per heavy atom. The number of rotatable bonds is 4. The lowest BCUT2D eigenvalue weighted by Crippen LogP contribution is -2.65. The summed E-state index contributed by atoms with van der Waals surface area (Å²) in [7, 11) is 0. The van der Waals surface area contributed by atoms with E-state index in [1.807, 2.05) is 32.9 Å². The van der Waals surface area contributed by atoms with Crippen LogP contribution in [-0.2, 0) is 11.3 Å². The number of halogens is 1. The number of nitrogens with one attached hydrogen (secondary N) is 1. The zero-order valence-electron chi connectivity index (χ0n) is 17.8. The molecule has 0 saturated heterocycles. The summed E-state index contributed by atoms with van der Waals surface area (Å²) in [6, 6.07) is 9.12. The molecule has 0 spiro atoms. The van der Waals surface area contributed by atoms with Crippen LogP contribution >= 0.6 is 11.6 Å². The van der Waals surface area contributed by atoms with Crippen LogP contribution in [0.3, 0.4) is 0 Å². The Morgan fingerprint density at radius 3 is 2.63 bits per heavy atom. The maximum atomic E-state index is 13.6. The summed E-state index contributed by atoms with van der Waals surface area (Å²) in [5, 5.41) is 8.38. The average Bonchev–Trinajstić information content (AvgIpc) is 3.13. The SMILES string of the molecule is CC(C)c1cc2n(n1)CC(C)(C(=O)NC1CCCCC1)N(c1cccc(Cl)c1)C2=O. The van der Waals surface area contributed by atoms with E-state index < -0.39 is 5.54 Å². The molecule has 1 aromatic carbocycles. The quantitative estimate of drug-likeness (QED) is 0.777. The van der Waals surface area contributed by atoms with Gasteiger partial charge in [-0.2, -0.15) is 5.10 Å². The first kappa shape index (κ1) is 20.9. The van der Waals surface area contributed by atoms with Crippen molar-refractivity contribution in [3.05, 3.63) is 46.7 Å². The van der Waals surface area contributed by atoms with Crippen molar-refractivity contribution in [1.82, 2.24) is 15.1 Å². The van der Waals surface area contributed by atoms with Gasteiger partial charge in [-0.05, 0) is 49.9 Å². The van der Waals surface area contributed by atoms with Crippen LogP contribution in [0.1, 0.15) is 75.0 Å². The molecule has 30 heavy (non-hydrogen) atoms. The molecule has 1 fully saturated rings. The Labute approximate surface area is 182 Å². The number of nitrogens with zero attached hydrogens (tertiary/aromatic N) is 3. The fourth-order valence-corrected chi connectivity index (χ4v) is 4.68. The number of carbonyl (C=O) groups is 2. The predicted molar refractivity (Wildman–Crippen MR) is 118 cm³/mol. The van der Waals surface area contributed by atoms with Gasteiger partial charge in [0.05, 0.1) is 12.2 Å². The van der Waals surface area contributed by atoms with E-state index in [-0.39, 0.29) is 23.8 Å². The van der Waals surface area contributed by atoms with Gasteiger partial charge in [0.25, 0.3) is 5.91 Å². The van der Waals surface area contributed by atoms with E-state index in [1.54, 1.807) is 27.8 Å². The molecule has 1 saturated carbocycles. The molecular formula is C23H29ClN4O2. The number of amides is 2. The summed E-state index contributed by atoms with van der Waals surface area (Å²) in [4.78, 5) is 28.8. The topological polar surface area (TPSA) is 67.2 Å². The van der Waals surface area contributed by atoms with Gasteiger partial charge in [-0.15, -0.1) is 0 Å². The molecule has 2 aliphatic rings. The molecule has 1 N–H and O–H groups in total. The normalized spacial score (nSPS) is 22.3. The molecular weight excluding hydrogens is 400 g/mol. The Morgan fingerprint density at radius 1 is 1.23 bits per heavy atom. The number of hydrogen-bond donors (Lipinski definition) is 1. The van der Waals surface area contributed by atoms with Gasteiger partial charge in [0.2, 0.25) is 5.91 Å². The van der Waals surface area contributed by atoms with Crippen molar-refractivity contribution in [2.24, 2.45) is 0 Å². The van der Waals surface area contributed by atoms with Crippen LogP contribution in [0, 0.1) is 0 Å². The van der Waals surface area contributed by atoms with Crippen LogP contribution in [0.25, 0.3) is 0 Å². The first-order chi connectivity index (χ1) is 14.3. The van der Waals surface area contributed by atoms with Crippen LogP contribution in [0.4, 0.5) is 5.69 Å². The Kier molecular flexibility index (Phi) is 5.62. The zero-order valence-corrected chi connectivity index (χ0v) is 18.6. The summed E-state index contributed by atoms with van der Waals surface area (Å²) in [6.45, 7) is 6.21. The Balaban J connectivity index is 1.76. The summed E-state index contributed by atoms with van der Waals surface area (Å²) < 4.78 is 1.69. The highest BCUT2D eigenvalue weighted by atomic mass is 35.5. The number of hydrogen-bond acceptors (Lipinski definition) is 3. The minimum absolute atomic E-state index is 0.144. The van der Waals surface area contributed by atoms with E-state index in [9.17, 15) is 9.59 Å². The molecule has 7 heteroatoms. The molecule has 1 aliphatic heterocycles. The van der Waals surface area contributed by atoms with Gasteiger partial charge in [-0.25, -0.2) is 0 Å². The van der Waals surface area contributed by atoms with Gasteiger partial charge in [-0.3, -0.25) is 19.2 Å². The average molecular weight is 429 g/mol. The minimum atomic E-state index is -1.10. The number of benzene rings is 1.